The zero-order valence-corrected chi connectivity index (χ0v) is 11.4. The van der Waals surface area contributed by atoms with Gasteiger partial charge < -0.3 is 14.8 Å². The van der Waals surface area contributed by atoms with Crippen LogP contribution >= 0.6 is 0 Å². The van der Waals surface area contributed by atoms with E-state index in [2.05, 4.69) is 5.32 Å². The van der Waals surface area contributed by atoms with E-state index in [1.165, 1.54) is 18.2 Å². The molecule has 8 heteroatoms. The van der Waals surface area contributed by atoms with E-state index in [0.717, 1.165) is 0 Å². The Hall–Kier alpha value is -2.77. The molecule has 4 nitrogen and oxygen atoms in total. The molecular weight excluding hydrogens is 318 g/mol. The highest BCUT2D eigenvalue weighted by atomic mass is 19.4. The first-order valence-corrected chi connectivity index (χ1v) is 6.42. The Balaban J connectivity index is 1.85. The van der Waals surface area contributed by atoms with E-state index >= 15 is 0 Å². The number of anilines is 1. The molecule has 0 saturated carbocycles. The van der Waals surface area contributed by atoms with Crippen LogP contribution in [0.2, 0.25) is 0 Å². The topological polar surface area (TPSA) is 47.6 Å². The highest BCUT2D eigenvalue weighted by molar-refractivity contribution is 6.04. The van der Waals surface area contributed by atoms with E-state index in [1.54, 1.807) is 0 Å². The van der Waals surface area contributed by atoms with Crippen molar-refractivity contribution >= 4 is 11.6 Å². The molecule has 0 bridgehead atoms. The van der Waals surface area contributed by atoms with Gasteiger partial charge in [-0.3, -0.25) is 4.79 Å². The van der Waals surface area contributed by atoms with Gasteiger partial charge in [-0.05, 0) is 36.4 Å². The minimum Gasteiger partial charge on any atom is -0.454 e. The molecule has 23 heavy (non-hydrogen) atoms. The molecule has 1 aliphatic rings. The van der Waals surface area contributed by atoms with Crippen LogP contribution < -0.4 is 14.8 Å². The number of carbonyl (C=O) groups excluding carboxylic acids is 1. The first kappa shape index (κ1) is 15.1. The van der Waals surface area contributed by atoms with Gasteiger partial charge in [0.1, 0.15) is 5.82 Å². The zero-order chi connectivity index (χ0) is 16.6. The van der Waals surface area contributed by atoms with Gasteiger partial charge in [0.25, 0.3) is 5.91 Å². The third kappa shape index (κ3) is 3.05. The van der Waals surface area contributed by atoms with Crippen LogP contribution in [0.5, 0.6) is 11.5 Å². The minimum atomic E-state index is -4.63. The van der Waals surface area contributed by atoms with Crippen molar-refractivity contribution in [2.45, 2.75) is 6.18 Å². The lowest BCUT2D eigenvalue weighted by Crippen LogP contribution is -2.14. The molecule has 2 aromatic carbocycles. The van der Waals surface area contributed by atoms with Gasteiger partial charge in [-0.25, -0.2) is 4.39 Å². The molecule has 1 aliphatic heterocycles. The van der Waals surface area contributed by atoms with E-state index in [1.807, 2.05) is 0 Å². The molecule has 0 saturated heterocycles. The van der Waals surface area contributed by atoms with Crippen molar-refractivity contribution in [3.05, 3.63) is 53.3 Å². The first-order valence-electron chi connectivity index (χ1n) is 6.42. The molecule has 0 fully saturated rings. The van der Waals surface area contributed by atoms with Gasteiger partial charge in [-0.15, -0.1) is 0 Å². The predicted molar refractivity (Wildman–Crippen MR) is 71.9 cm³/mol. The number of ether oxygens (including phenoxy) is 2. The normalized spacial score (nSPS) is 13.0. The lowest BCUT2D eigenvalue weighted by Gasteiger charge is -2.11. The number of fused-ring (bicyclic) bond motifs is 1. The number of nitrogens with one attached hydrogen (secondary N) is 1. The van der Waals surface area contributed by atoms with Gasteiger partial charge in [0.15, 0.2) is 11.5 Å². The molecule has 0 atom stereocenters. The summed E-state index contributed by atoms with van der Waals surface area (Å²) in [7, 11) is 0. The Morgan fingerprint density at radius 1 is 1.04 bits per heavy atom. The maximum Gasteiger partial charge on any atom is 0.416 e. The second-order valence-corrected chi connectivity index (χ2v) is 4.71. The maximum absolute atomic E-state index is 13.6. The summed E-state index contributed by atoms with van der Waals surface area (Å²) in [5.74, 6) is -0.942. The summed E-state index contributed by atoms with van der Waals surface area (Å²) in [6.45, 7) is 0.0165. The third-order valence-electron chi connectivity index (χ3n) is 3.18. The van der Waals surface area contributed by atoms with Crippen molar-refractivity contribution < 1.29 is 31.8 Å². The molecule has 1 amide bonds. The Kier molecular flexibility index (Phi) is 3.59. The second kappa shape index (κ2) is 5.45. The Bertz CT molecular complexity index is 774. The van der Waals surface area contributed by atoms with E-state index < -0.39 is 29.2 Å². The van der Waals surface area contributed by atoms with Gasteiger partial charge in [0.05, 0.1) is 11.3 Å². The lowest BCUT2D eigenvalue weighted by atomic mass is 10.1. The van der Waals surface area contributed by atoms with Gasteiger partial charge >= 0.3 is 6.18 Å². The fourth-order valence-corrected chi connectivity index (χ4v) is 2.03. The van der Waals surface area contributed by atoms with Crippen molar-refractivity contribution in [2.24, 2.45) is 0 Å². The summed E-state index contributed by atoms with van der Waals surface area (Å²) < 4.78 is 61.7. The number of hydrogen-bond donors (Lipinski definition) is 1. The minimum absolute atomic E-state index is 0.0165. The number of benzene rings is 2. The molecular formula is C15H9F4NO3. The fourth-order valence-electron chi connectivity index (χ4n) is 2.03. The quantitative estimate of drug-likeness (QED) is 0.853. The largest absolute Gasteiger partial charge is 0.454 e. The standard InChI is InChI=1S/C15H9F4NO3/c16-10-3-2-9(15(17,18)19)6-11(10)20-14(21)8-1-4-12-13(5-8)23-7-22-12/h1-6H,7H2,(H,20,21). The van der Waals surface area contributed by atoms with Crippen LogP contribution in [0.15, 0.2) is 36.4 Å². The number of amides is 1. The van der Waals surface area contributed by atoms with Crippen molar-refractivity contribution in [3.63, 3.8) is 0 Å². The van der Waals surface area contributed by atoms with Crippen LogP contribution in [-0.2, 0) is 6.18 Å². The summed E-state index contributed by atoms with van der Waals surface area (Å²) in [6.07, 6.45) is -4.63. The van der Waals surface area contributed by atoms with Crippen LogP contribution in [-0.4, -0.2) is 12.7 Å². The molecule has 1 heterocycles. The fraction of sp³-hybridized carbons (Fsp3) is 0.133. The average Bonchev–Trinajstić information content (AvgIpc) is 2.95. The van der Waals surface area contributed by atoms with Gasteiger partial charge in [0, 0.05) is 5.56 Å². The Morgan fingerprint density at radius 2 is 1.78 bits per heavy atom. The molecule has 2 aromatic rings. The molecule has 0 spiro atoms. The number of carbonyl (C=O) groups is 1. The summed E-state index contributed by atoms with van der Waals surface area (Å²) in [5, 5.41) is 2.12. The monoisotopic (exact) mass is 327 g/mol. The Morgan fingerprint density at radius 3 is 2.52 bits per heavy atom. The Labute approximate surface area is 127 Å². The molecule has 0 aliphatic carbocycles. The smallest absolute Gasteiger partial charge is 0.416 e. The predicted octanol–water partition coefficient (Wildman–Crippen LogP) is 3.83. The van der Waals surface area contributed by atoms with E-state index in [4.69, 9.17) is 9.47 Å². The summed E-state index contributed by atoms with van der Waals surface area (Å²) >= 11 is 0. The van der Waals surface area contributed by atoms with Crippen molar-refractivity contribution in [3.8, 4) is 11.5 Å². The number of hydrogen-bond acceptors (Lipinski definition) is 3. The number of alkyl halides is 3. The summed E-state index contributed by atoms with van der Waals surface area (Å²) in [6, 6.07) is 6.04. The average molecular weight is 327 g/mol. The molecule has 120 valence electrons. The van der Waals surface area contributed by atoms with Crippen LogP contribution in [0.4, 0.5) is 23.2 Å². The molecule has 1 N–H and O–H groups in total. The molecule has 0 aromatic heterocycles. The van der Waals surface area contributed by atoms with Crippen molar-refractivity contribution in [1.82, 2.24) is 0 Å². The molecule has 0 radical (unpaired) electrons. The van der Waals surface area contributed by atoms with Crippen LogP contribution in [0, 0.1) is 5.82 Å². The zero-order valence-electron chi connectivity index (χ0n) is 11.4. The molecule has 3 rings (SSSR count). The molecule has 0 unspecified atom stereocenters. The van der Waals surface area contributed by atoms with Crippen molar-refractivity contribution in [2.75, 3.05) is 12.1 Å². The second-order valence-electron chi connectivity index (χ2n) is 4.71. The van der Waals surface area contributed by atoms with Crippen LogP contribution in [0.25, 0.3) is 0 Å². The lowest BCUT2D eigenvalue weighted by molar-refractivity contribution is -0.137. The third-order valence-corrected chi connectivity index (χ3v) is 3.18. The first-order chi connectivity index (χ1) is 10.8. The number of halogens is 4. The summed E-state index contributed by atoms with van der Waals surface area (Å²) in [5.41, 5.74) is -1.51. The van der Waals surface area contributed by atoms with Crippen LogP contribution in [0.1, 0.15) is 15.9 Å². The van der Waals surface area contributed by atoms with E-state index in [0.29, 0.717) is 29.7 Å². The van der Waals surface area contributed by atoms with Crippen molar-refractivity contribution in [1.29, 1.82) is 0 Å². The van der Waals surface area contributed by atoms with Gasteiger partial charge in [-0.2, -0.15) is 13.2 Å². The highest BCUT2D eigenvalue weighted by Crippen LogP contribution is 2.34. The van der Waals surface area contributed by atoms with Crippen LogP contribution in [0.3, 0.4) is 0 Å². The van der Waals surface area contributed by atoms with Gasteiger partial charge in [0.2, 0.25) is 6.79 Å². The highest BCUT2D eigenvalue weighted by Gasteiger charge is 2.31. The van der Waals surface area contributed by atoms with Gasteiger partial charge in [-0.1, -0.05) is 0 Å². The maximum atomic E-state index is 13.6. The number of rotatable bonds is 2. The van der Waals surface area contributed by atoms with E-state index in [-0.39, 0.29) is 12.4 Å². The SMILES string of the molecule is O=C(Nc1cc(C(F)(F)F)ccc1F)c1ccc2c(c1)OCO2. The summed E-state index contributed by atoms with van der Waals surface area (Å²) in [4.78, 5) is 12.1. The van der Waals surface area contributed by atoms with E-state index in [9.17, 15) is 22.4 Å².